The second kappa shape index (κ2) is 7.53. The van der Waals surface area contributed by atoms with Crippen molar-refractivity contribution in [1.29, 1.82) is 0 Å². The van der Waals surface area contributed by atoms with Crippen LogP contribution in [0, 0.1) is 20.8 Å². The molecule has 0 radical (unpaired) electrons. The lowest BCUT2D eigenvalue weighted by molar-refractivity contribution is 0.203. The molecule has 8 nitrogen and oxygen atoms in total. The van der Waals surface area contributed by atoms with E-state index < -0.39 is 0 Å². The van der Waals surface area contributed by atoms with Crippen LogP contribution in [0.3, 0.4) is 0 Å². The Morgan fingerprint density at radius 2 is 1.90 bits per heavy atom. The molecule has 0 saturated carbocycles. The first kappa shape index (κ1) is 19.8. The topological polar surface area (TPSA) is 90.4 Å². The highest BCUT2D eigenvalue weighted by Crippen LogP contribution is 2.31. The summed E-state index contributed by atoms with van der Waals surface area (Å²) in [5, 5.41) is 9.03. The van der Waals surface area contributed by atoms with Gasteiger partial charge in [-0.15, -0.1) is 0 Å². The molecule has 162 valence electrons. The fraction of sp³-hybridized carbons (Fsp3) is 0.435. The molecule has 5 heterocycles. The molecule has 0 bridgehead atoms. The van der Waals surface area contributed by atoms with Gasteiger partial charge in [-0.25, -0.2) is 4.98 Å². The van der Waals surface area contributed by atoms with Gasteiger partial charge >= 0.3 is 0 Å². The lowest BCUT2D eigenvalue weighted by Gasteiger charge is -2.31. The number of nitrogen functional groups attached to an aromatic ring is 1. The molecule has 31 heavy (non-hydrogen) atoms. The number of hydrogen-bond donors (Lipinski definition) is 1. The summed E-state index contributed by atoms with van der Waals surface area (Å²) < 4.78 is 9.33. The van der Waals surface area contributed by atoms with Crippen molar-refractivity contribution in [3.8, 4) is 11.3 Å². The van der Waals surface area contributed by atoms with E-state index in [9.17, 15) is 0 Å². The quantitative estimate of drug-likeness (QED) is 0.543. The number of rotatable bonds is 4. The molecule has 1 saturated heterocycles. The number of fused-ring (bicyclic) bond motifs is 1. The highest BCUT2D eigenvalue weighted by molar-refractivity contribution is 5.67. The lowest BCUT2D eigenvalue weighted by Crippen LogP contribution is -2.33. The Kier molecular flexibility index (Phi) is 4.81. The zero-order chi connectivity index (χ0) is 21.7. The Bertz CT molecular complexity index is 1240. The second-order valence-electron chi connectivity index (χ2n) is 8.66. The van der Waals surface area contributed by atoms with E-state index in [1.165, 1.54) is 11.3 Å². The molecule has 1 fully saturated rings. The van der Waals surface area contributed by atoms with Crippen LogP contribution in [0.1, 0.15) is 47.2 Å². The Labute approximate surface area is 181 Å². The normalized spacial score (nSPS) is 15.9. The van der Waals surface area contributed by atoms with Gasteiger partial charge in [-0.3, -0.25) is 9.58 Å². The van der Waals surface area contributed by atoms with Gasteiger partial charge in [0.1, 0.15) is 17.3 Å². The van der Waals surface area contributed by atoms with Gasteiger partial charge in [0.2, 0.25) is 0 Å². The van der Waals surface area contributed by atoms with Crippen molar-refractivity contribution < 1.29 is 4.42 Å². The third-order valence-corrected chi connectivity index (χ3v) is 6.53. The largest absolute Gasteiger partial charge is 0.466 e. The Morgan fingerprint density at radius 3 is 2.55 bits per heavy atom. The number of furan rings is 1. The molecule has 8 heteroatoms. The van der Waals surface area contributed by atoms with Crippen molar-refractivity contribution in [3.05, 3.63) is 52.9 Å². The van der Waals surface area contributed by atoms with Crippen LogP contribution < -0.4 is 5.73 Å². The number of likely N-dealkylation sites (tertiary alicyclic amines) is 1. The molecule has 0 atom stereocenters. The standard InChI is InChI=1S/C23H29N7O/c1-14-9-19(16(3)31-14)21-11-23-26-20(10-22(24)30(23)27-21)17-5-7-29(8-6-17)13-18-12-25-28(4)15(18)2/h9-12,17H,5-8,13,24H2,1-4H3. The summed E-state index contributed by atoms with van der Waals surface area (Å²) >= 11 is 0. The van der Waals surface area contributed by atoms with Crippen molar-refractivity contribution in [2.75, 3.05) is 18.8 Å². The summed E-state index contributed by atoms with van der Waals surface area (Å²) in [7, 11) is 1.99. The van der Waals surface area contributed by atoms with Crippen LogP contribution in [-0.4, -0.2) is 42.4 Å². The van der Waals surface area contributed by atoms with Crippen LogP contribution in [0.4, 0.5) is 5.82 Å². The molecule has 5 rings (SSSR count). The molecule has 4 aromatic heterocycles. The maximum atomic E-state index is 6.36. The maximum absolute atomic E-state index is 6.36. The van der Waals surface area contributed by atoms with E-state index in [0.717, 1.165) is 66.6 Å². The second-order valence-corrected chi connectivity index (χ2v) is 8.66. The van der Waals surface area contributed by atoms with E-state index in [2.05, 4.69) is 22.0 Å². The minimum Gasteiger partial charge on any atom is -0.466 e. The SMILES string of the molecule is Cc1cc(-c2cc3nc(C4CCN(Cc5cnn(C)c5C)CC4)cc(N)n3n2)c(C)o1. The first-order valence-corrected chi connectivity index (χ1v) is 10.8. The lowest BCUT2D eigenvalue weighted by atomic mass is 9.93. The first-order valence-electron chi connectivity index (χ1n) is 10.8. The number of nitrogens with zero attached hydrogens (tertiary/aromatic N) is 6. The zero-order valence-corrected chi connectivity index (χ0v) is 18.6. The summed E-state index contributed by atoms with van der Waals surface area (Å²) in [6, 6.07) is 5.99. The number of anilines is 1. The molecule has 2 N–H and O–H groups in total. The fourth-order valence-corrected chi connectivity index (χ4v) is 4.57. The van der Waals surface area contributed by atoms with Crippen molar-refractivity contribution in [3.63, 3.8) is 0 Å². The molecule has 0 unspecified atom stereocenters. The maximum Gasteiger partial charge on any atom is 0.158 e. The molecule has 0 aromatic carbocycles. The van der Waals surface area contributed by atoms with Crippen LogP contribution in [-0.2, 0) is 13.6 Å². The highest BCUT2D eigenvalue weighted by Gasteiger charge is 2.24. The van der Waals surface area contributed by atoms with E-state index in [-0.39, 0.29) is 0 Å². The van der Waals surface area contributed by atoms with Crippen LogP contribution >= 0.6 is 0 Å². The highest BCUT2D eigenvalue weighted by atomic mass is 16.3. The molecular formula is C23H29N7O. The third kappa shape index (κ3) is 3.61. The van der Waals surface area contributed by atoms with Gasteiger partial charge in [0.25, 0.3) is 0 Å². The predicted octanol–water partition coefficient (Wildman–Crippen LogP) is 3.61. The Balaban J connectivity index is 1.34. The third-order valence-electron chi connectivity index (χ3n) is 6.53. The van der Waals surface area contributed by atoms with Crippen LogP contribution in [0.5, 0.6) is 0 Å². The molecule has 4 aromatic rings. The first-order chi connectivity index (χ1) is 14.9. The average Bonchev–Trinajstić information content (AvgIpc) is 3.41. The molecule has 0 aliphatic carbocycles. The van der Waals surface area contributed by atoms with Gasteiger partial charge in [0.05, 0.1) is 11.9 Å². The summed E-state index contributed by atoms with van der Waals surface area (Å²) in [5.74, 6) is 2.77. The average molecular weight is 420 g/mol. The number of piperidine rings is 1. The van der Waals surface area contributed by atoms with Gasteiger partial charge in [-0.2, -0.15) is 14.7 Å². The van der Waals surface area contributed by atoms with Crippen molar-refractivity contribution in [1.82, 2.24) is 29.3 Å². The number of aromatic nitrogens is 5. The van der Waals surface area contributed by atoms with Crippen LogP contribution in [0.25, 0.3) is 16.9 Å². The van der Waals surface area contributed by atoms with Crippen molar-refractivity contribution in [2.24, 2.45) is 7.05 Å². The number of hydrogen-bond acceptors (Lipinski definition) is 6. The van der Waals surface area contributed by atoms with Crippen molar-refractivity contribution in [2.45, 2.75) is 46.1 Å². The van der Waals surface area contributed by atoms with E-state index in [4.69, 9.17) is 15.1 Å². The number of nitrogens with two attached hydrogens (primary N) is 1. The van der Waals surface area contributed by atoms with E-state index >= 15 is 0 Å². The summed E-state index contributed by atoms with van der Waals surface area (Å²) in [5.41, 5.74) is 12.6. The fourth-order valence-electron chi connectivity index (χ4n) is 4.57. The molecule has 0 amide bonds. The summed E-state index contributed by atoms with van der Waals surface area (Å²) in [6.45, 7) is 9.07. The van der Waals surface area contributed by atoms with E-state index in [0.29, 0.717) is 11.7 Å². The molecule has 1 aliphatic rings. The van der Waals surface area contributed by atoms with Crippen molar-refractivity contribution >= 4 is 11.5 Å². The molecule has 0 spiro atoms. The summed E-state index contributed by atoms with van der Waals surface area (Å²) in [4.78, 5) is 7.43. The van der Waals surface area contributed by atoms with Gasteiger partial charge in [-0.1, -0.05) is 0 Å². The van der Waals surface area contributed by atoms with Gasteiger partial charge in [0, 0.05) is 54.2 Å². The van der Waals surface area contributed by atoms with E-state index in [1.54, 1.807) is 4.52 Å². The van der Waals surface area contributed by atoms with Crippen LogP contribution in [0.15, 0.2) is 28.8 Å². The van der Waals surface area contributed by atoms with Gasteiger partial charge < -0.3 is 10.2 Å². The Hall–Kier alpha value is -3.13. The number of aryl methyl sites for hydroxylation is 3. The van der Waals surface area contributed by atoms with Gasteiger partial charge in [-0.05, 0) is 52.8 Å². The zero-order valence-electron chi connectivity index (χ0n) is 18.6. The van der Waals surface area contributed by atoms with Gasteiger partial charge in [0.15, 0.2) is 5.65 Å². The van der Waals surface area contributed by atoms with E-state index in [1.807, 2.05) is 50.0 Å². The molecule has 1 aliphatic heterocycles. The predicted molar refractivity (Wildman–Crippen MR) is 120 cm³/mol. The molecular weight excluding hydrogens is 390 g/mol. The minimum absolute atomic E-state index is 0.412. The Morgan fingerprint density at radius 1 is 1.13 bits per heavy atom. The smallest absolute Gasteiger partial charge is 0.158 e. The minimum atomic E-state index is 0.412. The monoisotopic (exact) mass is 419 g/mol. The van der Waals surface area contributed by atoms with Crippen LogP contribution in [0.2, 0.25) is 0 Å². The summed E-state index contributed by atoms with van der Waals surface area (Å²) in [6.07, 6.45) is 4.13.